The minimum absolute atomic E-state index is 0.0824. The third-order valence-corrected chi connectivity index (χ3v) is 3.76. The van der Waals surface area contributed by atoms with E-state index in [2.05, 4.69) is 5.32 Å². The molecule has 0 bridgehead atoms. The number of anilines is 1. The fourth-order valence-corrected chi connectivity index (χ4v) is 2.39. The fraction of sp³-hybridized carbons (Fsp3) is 0.0714. The highest BCUT2D eigenvalue weighted by atomic mass is 35.5. The minimum Gasteiger partial charge on any atom is -0.484 e. The number of carbonyl (C=O) groups excluding carboxylic acids is 1. The number of halogens is 1. The molecule has 0 radical (unpaired) electrons. The lowest BCUT2D eigenvalue weighted by Crippen LogP contribution is -2.20. The molecule has 0 aliphatic carbocycles. The number of amides is 1. The molecular weight excluding hydrogens is 328 g/mol. The molecule has 22 heavy (non-hydrogen) atoms. The maximum atomic E-state index is 11.8. The average Bonchev–Trinajstić information content (AvgIpc) is 2.45. The van der Waals surface area contributed by atoms with E-state index in [0.29, 0.717) is 16.5 Å². The Morgan fingerprint density at radius 1 is 1.18 bits per heavy atom. The van der Waals surface area contributed by atoms with Gasteiger partial charge in [0.05, 0.1) is 4.90 Å². The zero-order valence-corrected chi connectivity index (χ0v) is 12.9. The Balaban J connectivity index is 1.98. The van der Waals surface area contributed by atoms with Gasteiger partial charge < -0.3 is 10.1 Å². The molecule has 6 nitrogen and oxygen atoms in total. The molecule has 0 aromatic heterocycles. The summed E-state index contributed by atoms with van der Waals surface area (Å²) in [5.41, 5.74) is 0.311. The van der Waals surface area contributed by atoms with Crippen LogP contribution in [0.25, 0.3) is 0 Å². The first-order valence-corrected chi connectivity index (χ1v) is 8.08. The minimum atomic E-state index is -3.82. The van der Waals surface area contributed by atoms with Gasteiger partial charge in [-0.05, 0) is 36.4 Å². The molecule has 3 N–H and O–H groups in total. The zero-order chi connectivity index (χ0) is 16.2. The summed E-state index contributed by atoms with van der Waals surface area (Å²) in [6.45, 7) is -0.236. The maximum absolute atomic E-state index is 11.8. The van der Waals surface area contributed by atoms with Crippen molar-refractivity contribution in [1.29, 1.82) is 0 Å². The summed E-state index contributed by atoms with van der Waals surface area (Å²) >= 11 is 5.80. The highest BCUT2D eigenvalue weighted by Gasteiger charge is 2.10. The van der Waals surface area contributed by atoms with E-state index in [1.807, 2.05) is 0 Å². The Bertz CT molecular complexity index is 793. The second-order valence-electron chi connectivity index (χ2n) is 4.37. The van der Waals surface area contributed by atoms with Gasteiger partial charge in [0, 0.05) is 10.7 Å². The van der Waals surface area contributed by atoms with Gasteiger partial charge in [-0.3, -0.25) is 4.79 Å². The van der Waals surface area contributed by atoms with Gasteiger partial charge >= 0.3 is 0 Å². The quantitative estimate of drug-likeness (QED) is 0.869. The molecule has 0 unspecified atom stereocenters. The van der Waals surface area contributed by atoms with Crippen molar-refractivity contribution in [1.82, 2.24) is 0 Å². The third kappa shape index (κ3) is 4.73. The molecule has 0 saturated carbocycles. The van der Waals surface area contributed by atoms with Crippen molar-refractivity contribution in [2.75, 3.05) is 11.9 Å². The van der Waals surface area contributed by atoms with Crippen LogP contribution in [0.5, 0.6) is 5.75 Å². The van der Waals surface area contributed by atoms with E-state index in [-0.39, 0.29) is 11.5 Å². The number of benzene rings is 2. The van der Waals surface area contributed by atoms with E-state index in [0.717, 1.165) is 0 Å². The highest BCUT2D eigenvalue weighted by molar-refractivity contribution is 7.89. The monoisotopic (exact) mass is 340 g/mol. The van der Waals surface area contributed by atoms with Crippen LogP contribution in [-0.2, 0) is 14.8 Å². The van der Waals surface area contributed by atoms with Crippen LogP contribution in [-0.4, -0.2) is 20.9 Å². The molecule has 0 fully saturated rings. The van der Waals surface area contributed by atoms with Crippen LogP contribution in [0.1, 0.15) is 0 Å². The van der Waals surface area contributed by atoms with Crippen LogP contribution >= 0.6 is 11.6 Å². The normalized spacial score (nSPS) is 11.0. The number of hydrogen-bond acceptors (Lipinski definition) is 4. The van der Waals surface area contributed by atoms with E-state index in [1.165, 1.54) is 18.2 Å². The molecule has 0 atom stereocenters. The molecule has 0 heterocycles. The first kappa shape index (κ1) is 16.3. The van der Waals surface area contributed by atoms with Gasteiger partial charge in [-0.15, -0.1) is 0 Å². The largest absolute Gasteiger partial charge is 0.484 e. The summed E-state index contributed by atoms with van der Waals surface area (Å²) in [5, 5.41) is 8.05. The highest BCUT2D eigenvalue weighted by Crippen LogP contribution is 2.17. The zero-order valence-electron chi connectivity index (χ0n) is 11.3. The van der Waals surface area contributed by atoms with Gasteiger partial charge in [-0.2, -0.15) is 0 Å². The van der Waals surface area contributed by atoms with Crippen LogP contribution in [0.3, 0.4) is 0 Å². The summed E-state index contributed by atoms with van der Waals surface area (Å²) in [7, 11) is -3.82. The molecule has 0 saturated heterocycles. The summed E-state index contributed by atoms with van der Waals surface area (Å²) in [6.07, 6.45) is 0. The van der Waals surface area contributed by atoms with E-state index in [9.17, 15) is 13.2 Å². The van der Waals surface area contributed by atoms with E-state index < -0.39 is 15.9 Å². The van der Waals surface area contributed by atoms with Gasteiger partial charge in [0.2, 0.25) is 10.0 Å². The average molecular weight is 341 g/mol. The predicted molar refractivity (Wildman–Crippen MR) is 83.4 cm³/mol. The smallest absolute Gasteiger partial charge is 0.262 e. The van der Waals surface area contributed by atoms with Crippen molar-refractivity contribution >= 4 is 33.2 Å². The first-order valence-electron chi connectivity index (χ1n) is 6.16. The molecule has 2 aromatic carbocycles. The first-order chi connectivity index (χ1) is 10.3. The lowest BCUT2D eigenvalue weighted by atomic mass is 10.3. The molecule has 0 spiro atoms. The Morgan fingerprint density at radius 2 is 1.91 bits per heavy atom. The molecular formula is C14H13ClN2O4S. The molecule has 1 amide bonds. The van der Waals surface area contributed by atoms with E-state index in [1.54, 1.807) is 30.3 Å². The van der Waals surface area contributed by atoms with Gasteiger partial charge in [0.1, 0.15) is 5.75 Å². The standard InChI is InChI=1S/C14H13ClN2O4S/c15-10-3-1-5-12(7-10)21-9-14(18)17-11-4-2-6-13(8-11)22(16,19)20/h1-8H,9H2,(H,17,18)(H2,16,19,20). The summed E-state index contributed by atoms with van der Waals surface area (Å²) in [6, 6.07) is 12.3. The van der Waals surface area contributed by atoms with Crippen molar-refractivity contribution in [3.05, 3.63) is 53.6 Å². The van der Waals surface area contributed by atoms with Crippen LogP contribution in [0.15, 0.2) is 53.4 Å². The van der Waals surface area contributed by atoms with Crippen molar-refractivity contribution in [2.24, 2.45) is 5.14 Å². The van der Waals surface area contributed by atoms with Gasteiger partial charge in [0.15, 0.2) is 6.61 Å². The maximum Gasteiger partial charge on any atom is 0.262 e. The SMILES string of the molecule is NS(=O)(=O)c1cccc(NC(=O)COc2cccc(Cl)c2)c1. The second-order valence-corrected chi connectivity index (χ2v) is 6.36. The number of sulfonamides is 1. The van der Waals surface area contributed by atoms with Crippen molar-refractivity contribution in [3.63, 3.8) is 0 Å². The lowest BCUT2D eigenvalue weighted by molar-refractivity contribution is -0.118. The molecule has 116 valence electrons. The number of ether oxygens (including phenoxy) is 1. The van der Waals surface area contributed by atoms with E-state index in [4.69, 9.17) is 21.5 Å². The summed E-state index contributed by atoms with van der Waals surface area (Å²) < 4.78 is 27.8. The Labute approximate surface area is 132 Å². The van der Waals surface area contributed by atoms with Gasteiger partial charge in [0.25, 0.3) is 5.91 Å². The molecule has 2 rings (SSSR count). The van der Waals surface area contributed by atoms with E-state index >= 15 is 0 Å². The Hall–Kier alpha value is -2.09. The molecule has 8 heteroatoms. The van der Waals surface area contributed by atoms with Crippen molar-refractivity contribution in [3.8, 4) is 5.75 Å². The second kappa shape index (κ2) is 6.78. The number of nitrogens with one attached hydrogen (secondary N) is 1. The number of primary sulfonamides is 1. The van der Waals surface area contributed by atoms with Crippen LogP contribution in [0.2, 0.25) is 5.02 Å². The van der Waals surface area contributed by atoms with Crippen LogP contribution < -0.4 is 15.2 Å². The predicted octanol–water partition coefficient (Wildman–Crippen LogP) is 2.00. The van der Waals surface area contributed by atoms with Gasteiger partial charge in [-0.1, -0.05) is 23.7 Å². The summed E-state index contributed by atoms with van der Waals surface area (Å²) in [5.74, 6) is 0.0208. The lowest BCUT2D eigenvalue weighted by Gasteiger charge is -2.08. The number of nitrogens with two attached hydrogens (primary N) is 1. The van der Waals surface area contributed by atoms with Crippen LogP contribution in [0.4, 0.5) is 5.69 Å². The molecule has 0 aliphatic heterocycles. The number of carbonyl (C=O) groups is 1. The molecule has 2 aromatic rings. The topological polar surface area (TPSA) is 98.5 Å². The Kier molecular flexibility index (Phi) is 5.02. The number of rotatable bonds is 5. The Morgan fingerprint density at radius 3 is 2.59 bits per heavy atom. The van der Waals surface area contributed by atoms with Crippen LogP contribution in [0, 0.1) is 0 Å². The van der Waals surface area contributed by atoms with Gasteiger partial charge in [-0.25, -0.2) is 13.6 Å². The molecule has 0 aliphatic rings. The fourth-order valence-electron chi connectivity index (χ4n) is 1.65. The summed E-state index contributed by atoms with van der Waals surface area (Å²) in [4.78, 5) is 11.7. The van der Waals surface area contributed by atoms with Crippen molar-refractivity contribution in [2.45, 2.75) is 4.90 Å². The third-order valence-electron chi connectivity index (χ3n) is 2.61. The van der Waals surface area contributed by atoms with Crippen molar-refractivity contribution < 1.29 is 17.9 Å². The number of hydrogen-bond donors (Lipinski definition) is 2.